The number of anilines is 3. The van der Waals surface area contributed by atoms with Gasteiger partial charge in [-0.1, -0.05) is 130 Å². The second-order valence-corrected chi connectivity index (χ2v) is 13.1. The molecule has 0 saturated heterocycles. The van der Waals surface area contributed by atoms with E-state index in [1.165, 1.54) is 76.3 Å². The maximum atomic E-state index is 13.4. The van der Waals surface area contributed by atoms with Crippen LogP contribution in [0, 0.1) is 0 Å². The maximum Gasteiger partial charge on any atom is 0.412 e. The number of halogens is 4. The molecule has 0 bridgehead atoms. The SMILES string of the molecule is CCCCCCCCCCCCCCCC(=O)Nc1ccc(Nc2[nH]n(-c3c(Cl)cc(Cl)cc3Cl)c(=O)c2OC(=O)NCC)c(Cl)c1. The zero-order valence-corrected chi connectivity index (χ0v) is 30.1. The molecule has 47 heavy (non-hydrogen) atoms. The van der Waals surface area contributed by atoms with E-state index < -0.39 is 11.7 Å². The van der Waals surface area contributed by atoms with Gasteiger partial charge in [-0.2, -0.15) is 0 Å². The van der Waals surface area contributed by atoms with Gasteiger partial charge in [-0.15, -0.1) is 0 Å². The fraction of sp³-hybridized carbons (Fsp3) is 0.500. The third-order valence-corrected chi connectivity index (χ3v) is 8.70. The normalized spacial score (nSPS) is 11.0. The predicted octanol–water partition coefficient (Wildman–Crippen LogP) is 11.1. The lowest BCUT2D eigenvalue weighted by Crippen LogP contribution is -2.28. The van der Waals surface area contributed by atoms with E-state index in [4.69, 9.17) is 51.1 Å². The van der Waals surface area contributed by atoms with E-state index in [-0.39, 0.29) is 49.8 Å². The summed E-state index contributed by atoms with van der Waals surface area (Å²) in [6.07, 6.45) is 15.8. The molecule has 13 heteroatoms. The zero-order valence-electron chi connectivity index (χ0n) is 27.1. The van der Waals surface area contributed by atoms with Gasteiger partial charge in [0.2, 0.25) is 11.7 Å². The van der Waals surface area contributed by atoms with Crippen molar-refractivity contribution in [1.29, 1.82) is 0 Å². The molecule has 0 spiro atoms. The maximum absolute atomic E-state index is 13.4. The molecule has 0 atom stereocenters. The van der Waals surface area contributed by atoms with E-state index in [0.717, 1.165) is 23.9 Å². The minimum atomic E-state index is -0.834. The highest BCUT2D eigenvalue weighted by Gasteiger charge is 2.23. The Labute approximate surface area is 297 Å². The highest BCUT2D eigenvalue weighted by molar-refractivity contribution is 6.40. The Bertz CT molecular complexity index is 1500. The Balaban J connectivity index is 1.54. The molecule has 3 aromatic rings. The van der Waals surface area contributed by atoms with Crippen molar-refractivity contribution in [2.45, 2.75) is 104 Å². The van der Waals surface area contributed by atoms with Crippen LogP contribution in [0.2, 0.25) is 20.1 Å². The van der Waals surface area contributed by atoms with Crippen molar-refractivity contribution in [3.05, 3.63) is 60.8 Å². The number of hydrogen-bond acceptors (Lipinski definition) is 5. The molecule has 0 aliphatic carbocycles. The molecular weight excluding hydrogens is 684 g/mol. The molecule has 2 aromatic carbocycles. The van der Waals surface area contributed by atoms with E-state index >= 15 is 0 Å². The minimum absolute atomic E-state index is 0.0180. The van der Waals surface area contributed by atoms with Crippen molar-refractivity contribution in [1.82, 2.24) is 15.1 Å². The largest absolute Gasteiger partial charge is 0.412 e. The number of carbonyl (C=O) groups excluding carboxylic acids is 2. The smallest absolute Gasteiger partial charge is 0.400 e. The lowest BCUT2D eigenvalue weighted by molar-refractivity contribution is -0.116. The summed E-state index contributed by atoms with van der Waals surface area (Å²) in [6.45, 7) is 4.24. The number of nitrogens with zero attached hydrogens (tertiary/aromatic N) is 1. The van der Waals surface area contributed by atoms with Crippen LogP contribution < -0.4 is 26.2 Å². The minimum Gasteiger partial charge on any atom is -0.400 e. The number of benzene rings is 2. The molecule has 3 rings (SSSR count). The summed E-state index contributed by atoms with van der Waals surface area (Å²) in [7, 11) is 0. The van der Waals surface area contributed by atoms with Crippen molar-refractivity contribution in [3.63, 3.8) is 0 Å². The topological polar surface area (TPSA) is 117 Å². The van der Waals surface area contributed by atoms with Crippen LogP contribution >= 0.6 is 46.4 Å². The van der Waals surface area contributed by atoms with Crippen LogP contribution in [0.4, 0.5) is 22.0 Å². The standard InChI is InChI=1S/C34H45Cl4N5O4/c1-3-5-6-7-8-9-10-11-12-13-14-15-16-17-29(44)40-24-18-19-28(25(36)22-24)41-32-31(47-34(46)39-4-2)33(45)43(42-32)30-26(37)20-23(35)21-27(30)38/h18-22,41-42H,3-17H2,1-2H3,(H,39,46)(H,40,44). The number of H-pyrrole nitrogens is 1. The van der Waals surface area contributed by atoms with Gasteiger partial charge in [0, 0.05) is 23.7 Å². The third-order valence-electron chi connectivity index (χ3n) is 7.59. The van der Waals surface area contributed by atoms with Crippen molar-refractivity contribution in [2.75, 3.05) is 17.2 Å². The Morgan fingerprint density at radius 2 is 1.36 bits per heavy atom. The summed E-state index contributed by atoms with van der Waals surface area (Å²) in [5.41, 5.74) is 0.288. The first-order valence-electron chi connectivity index (χ1n) is 16.5. The van der Waals surface area contributed by atoms with Crippen LogP contribution in [0.5, 0.6) is 5.75 Å². The van der Waals surface area contributed by atoms with Gasteiger partial charge in [0.15, 0.2) is 5.82 Å². The fourth-order valence-electron chi connectivity index (χ4n) is 5.14. The first-order chi connectivity index (χ1) is 22.6. The van der Waals surface area contributed by atoms with Gasteiger partial charge in [0.1, 0.15) is 5.69 Å². The molecule has 0 unspecified atom stereocenters. The van der Waals surface area contributed by atoms with Gasteiger partial charge in [-0.3, -0.25) is 14.7 Å². The first-order valence-corrected chi connectivity index (χ1v) is 18.0. The number of amides is 2. The van der Waals surface area contributed by atoms with Crippen molar-refractivity contribution in [3.8, 4) is 11.4 Å². The van der Waals surface area contributed by atoms with Gasteiger partial charge in [0.25, 0.3) is 0 Å². The Hall–Kier alpha value is -2.85. The van der Waals surface area contributed by atoms with E-state index in [1.54, 1.807) is 25.1 Å². The zero-order chi connectivity index (χ0) is 34.2. The van der Waals surface area contributed by atoms with Gasteiger partial charge in [-0.25, -0.2) is 9.48 Å². The van der Waals surface area contributed by atoms with E-state index in [1.807, 2.05) is 0 Å². The number of rotatable bonds is 20. The summed E-state index contributed by atoms with van der Waals surface area (Å²) < 4.78 is 6.36. The molecule has 1 heterocycles. The van der Waals surface area contributed by atoms with Crippen molar-refractivity contribution >= 4 is 75.6 Å². The highest BCUT2D eigenvalue weighted by Crippen LogP contribution is 2.35. The number of nitrogens with one attached hydrogen (secondary N) is 4. The summed E-state index contributed by atoms with van der Waals surface area (Å²) in [4.78, 5) is 38.2. The third kappa shape index (κ3) is 12.6. The molecule has 0 radical (unpaired) electrons. The Morgan fingerprint density at radius 3 is 1.91 bits per heavy atom. The lowest BCUT2D eigenvalue weighted by atomic mass is 10.0. The second-order valence-electron chi connectivity index (χ2n) is 11.5. The summed E-state index contributed by atoms with van der Waals surface area (Å²) in [5.74, 6) is -0.408. The predicted molar refractivity (Wildman–Crippen MR) is 195 cm³/mol. The molecule has 0 aliphatic heterocycles. The summed E-state index contributed by atoms with van der Waals surface area (Å²) in [5, 5.41) is 11.9. The Morgan fingerprint density at radius 1 is 0.787 bits per heavy atom. The van der Waals surface area contributed by atoms with Gasteiger partial charge in [-0.05, 0) is 43.7 Å². The average Bonchev–Trinajstić information content (AvgIpc) is 3.30. The van der Waals surface area contributed by atoms with Gasteiger partial charge >= 0.3 is 11.7 Å². The number of hydrogen-bond donors (Lipinski definition) is 4. The fourth-order valence-corrected chi connectivity index (χ4v) is 6.35. The first kappa shape index (κ1) is 38.6. The molecule has 0 fully saturated rings. The van der Waals surface area contributed by atoms with Crippen LogP contribution in [0.3, 0.4) is 0 Å². The number of aromatic nitrogens is 2. The van der Waals surface area contributed by atoms with Crippen molar-refractivity contribution in [2.24, 2.45) is 0 Å². The van der Waals surface area contributed by atoms with Crippen LogP contribution in [-0.4, -0.2) is 28.3 Å². The molecule has 0 aliphatic rings. The Kier molecular flexibility index (Phi) is 16.8. The molecule has 258 valence electrons. The van der Waals surface area contributed by atoms with Crippen LogP contribution in [-0.2, 0) is 4.79 Å². The molecule has 1 aromatic heterocycles. The average molecular weight is 730 g/mol. The van der Waals surface area contributed by atoms with E-state index in [2.05, 4.69) is 28.0 Å². The van der Waals surface area contributed by atoms with Gasteiger partial charge < -0.3 is 20.7 Å². The van der Waals surface area contributed by atoms with Gasteiger partial charge in [0.05, 0.1) is 20.8 Å². The molecule has 4 N–H and O–H groups in total. The van der Waals surface area contributed by atoms with Crippen LogP contribution in [0.25, 0.3) is 5.69 Å². The number of ether oxygens (including phenoxy) is 1. The second kappa shape index (κ2) is 20.5. The highest BCUT2D eigenvalue weighted by atomic mass is 35.5. The summed E-state index contributed by atoms with van der Waals surface area (Å²) >= 11 is 25.3. The monoisotopic (exact) mass is 727 g/mol. The summed E-state index contributed by atoms with van der Waals surface area (Å²) in [6, 6.07) is 7.77. The lowest BCUT2D eigenvalue weighted by Gasteiger charge is -2.11. The quantitative estimate of drug-likeness (QED) is 0.0864. The number of carbonyl (C=O) groups is 2. The molecule has 9 nitrogen and oxygen atoms in total. The number of aromatic amines is 1. The van der Waals surface area contributed by atoms with E-state index in [9.17, 15) is 14.4 Å². The van der Waals surface area contributed by atoms with Crippen LogP contribution in [0.15, 0.2) is 35.1 Å². The molecule has 0 saturated carbocycles. The molecular formula is C34H45Cl4N5O4. The number of unbranched alkanes of at least 4 members (excludes halogenated alkanes) is 12. The van der Waals surface area contributed by atoms with E-state index in [0.29, 0.717) is 17.8 Å². The van der Waals surface area contributed by atoms with Crippen LogP contribution in [0.1, 0.15) is 104 Å². The molecule has 2 amide bonds. The van der Waals surface area contributed by atoms with Crippen molar-refractivity contribution < 1.29 is 14.3 Å².